The van der Waals surface area contributed by atoms with E-state index in [0.29, 0.717) is 5.92 Å². The number of hydrogen-bond acceptors (Lipinski definition) is 2. The summed E-state index contributed by atoms with van der Waals surface area (Å²) in [6, 6.07) is 1.83. The smallest absolute Gasteiger partial charge is 0.160 e. The second kappa shape index (κ2) is 2.78. The molecule has 0 aromatic carbocycles. The van der Waals surface area contributed by atoms with Crippen molar-refractivity contribution in [1.29, 1.82) is 0 Å². The number of furan rings is 1. The molecule has 10 heavy (non-hydrogen) atoms. The van der Waals surface area contributed by atoms with Gasteiger partial charge in [-0.2, -0.15) is 0 Å². The fraction of sp³-hybridized carbons (Fsp3) is 0.500. The molecular formula is C8H12O2. The molecule has 0 saturated heterocycles. The first-order valence-corrected chi connectivity index (χ1v) is 3.37. The van der Waals surface area contributed by atoms with Gasteiger partial charge in [-0.15, -0.1) is 0 Å². The Morgan fingerprint density at radius 2 is 2.20 bits per heavy atom. The van der Waals surface area contributed by atoms with E-state index >= 15 is 0 Å². The van der Waals surface area contributed by atoms with Gasteiger partial charge in [0.1, 0.15) is 5.76 Å². The van der Waals surface area contributed by atoms with Crippen molar-refractivity contribution in [2.45, 2.75) is 19.8 Å². The topological polar surface area (TPSA) is 22.4 Å². The van der Waals surface area contributed by atoms with Crippen LogP contribution in [0.25, 0.3) is 0 Å². The largest absolute Gasteiger partial charge is 0.493 e. The highest BCUT2D eigenvalue weighted by atomic mass is 16.5. The third kappa shape index (κ3) is 1.15. The van der Waals surface area contributed by atoms with Gasteiger partial charge in [-0.1, -0.05) is 13.8 Å². The Morgan fingerprint density at radius 1 is 1.50 bits per heavy atom. The van der Waals surface area contributed by atoms with Crippen LogP contribution in [0.1, 0.15) is 25.5 Å². The number of ether oxygens (including phenoxy) is 1. The Labute approximate surface area is 60.8 Å². The van der Waals surface area contributed by atoms with Gasteiger partial charge in [0, 0.05) is 12.0 Å². The van der Waals surface area contributed by atoms with Crippen molar-refractivity contribution in [1.82, 2.24) is 0 Å². The van der Waals surface area contributed by atoms with Crippen LogP contribution in [0.3, 0.4) is 0 Å². The van der Waals surface area contributed by atoms with E-state index in [2.05, 4.69) is 13.8 Å². The van der Waals surface area contributed by atoms with E-state index in [-0.39, 0.29) is 0 Å². The molecule has 1 aromatic heterocycles. The SMILES string of the molecule is COc1ccoc1C(C)C. The molecule has 0 aliphatic heterocycles. The Kier molecular flexibility index (Phi) is 2.00. The highest BCUT2D eigenvalue weighted by Gasteiger charge is 2.09. The summed E-state index contributed by atoms with van der Waals surface area (Å²) in [6.45, 7) is 4.14. The van der Waals surface area contributed by atoms with E-state index < -0.39 is 0 Å². The first kappa shape index (κ1) is 7.19. The minimum absolute atomic E-state index is 0.393. The van der Waals surface area contributed by atoms with Gasteiger partial charge in [0.05, 0.1) is 13.4 Å². The molecule has 0 bridgehead atoms. The maximum Gasteiger partial charge on any atom is 0.160 e. The molecule has 0 atom stereocenters. The molecule has 2 nitrogen and oxygen atoms in total. The van der Waals surface area contributed by atoms with Crippen LogP contribution in [0.4, 0.5) is 0 Å². The summed E-state index contributed by atoms with van der Waals surface area (Å²) in [7, 11) is 1.65. The van der Waals surface area contributed by atoms with Gasteiger partial charge in [-0.3, -0.25) is 0 Å². The Bertz CT molecular complexity index is 201. The summed E-state index contributed by atoms with van der Waals surface area (Å²) in [6.07, 6.45) is 1.65. The van der Waals surface area contributed by atoms with Gasteiger partial charge < -0.3 is 9.15 Å². The first-order chi connectivity index (χ1) is 4.75. The van der Waals surface area contributed by atoms with Gasteiger partial charge in [0.25, 0.3) is 0 Å². The summed E-state index contributed by atoms with van der Waals surface area (Å²) >= 11 is 0. The van der Waals surface area contributed by atoms with Crippen molar-refractivity contribution < 1.29 is 9.15 Å². The van der Waals surface area contributed by atoms with Crippen LogP contribution in [0.5, 0.6) is 5.75 Å². The molecular weight excluding hydrogens is 128 g/mol. The van der Waals surface area contributed by atoms with Gasteiger partial charge >= 0.3 is 0 Å². The summed E-state index contributed by atoms with van der Waals surface area (Å²) in [4.78, 5) is 0. The summed E-state index contributed by atoms with van der Waals surface area (Å²) in [5.41, 5.74) is 0. The minimum Gasteiger partial charge on any atom is -0.493 e. The van der Waals surface area contributed by atoms with Crippen LogP contribution in [0.15, 0.2) is 16.7 Å². The van der Waals surface area contributed by atoms with E-state index in [1.807, 2.05) is 6.07 Å². The summed E-state index contributed by atoms with van der Waals surface area (Å²) in [5.74, 6) is 2.16. The second-order valence-corrected chi connectivity index (χ2v) is 2.51. The third-order valence-corrected chi connectivity index (χ3v) is 1.40. The lowest BCUT2D eigenvalue weighted by Gasteiger charge is -2.02. The molecule has 56 valence electrons. The average molecular weight is 140 g/mol. The lowest BCUT2D eigenvalue weighted by molar-refractivity contribution is 0.384. The van der Waals surface area contributed by atoms with Crippen LogP contribution >= 0.6 is 0 Å². The molecule has 0 saturated carbocycles. The van der Waals surface area contributed by atoms with Crippen LogP contribution in [-0.4, -0.2) is 7.11 Å². The average Bonchev–Trinajstić information content (AvgIpc) is 2.33. The quantitative estimate of drug-likeness (QED) is 0.629. The molecule has 0 aliphatic carbocycles. The maximum absolute atomic E-state index is 5.19. The number of rotatable bonds is 2. The van der Waals surface area contributed by atoms with Crippen LogP contribution in [-0.2, 0) is 0 Å². The highest BCUT2D eigenvalue weighted by molar-refractivity contribution is 5.26. The van der Waals surface area contributed by atoms with Crippen molar-refractivity contribution in [2.75, 3.05) is 7.11 Å². The molecule has 0 fully saturated rings. The normalized spacial score (nSPS) is 10.4. The van der Waals surface area contributed by atoms with Crippen molar-refractivity contribution in [3.63, 3.8) is 0 Å². The second-order valence-electron chi connectivity index (χ2n) is 2.51. The van der Waals surface area contributed by atoms with Crippen molar-refractivity contribution in [3.05, 3.63) is 18.1 Å². The zero-order valence-corrected chi connectivity index (χ0v) is 6.55. The predicted octanol–water partition coefficient (Wildman–Crippen LogP) is 2.41. The van der Waals surface area contributed by atoms with Crippen LogP contribution < -0.4 is 4.74 Å². The van der Waals surface area contributed by atoms with Crippen molar-refractivity contribution in [3.8, 4) is 5.75 Å². The van der Waals surface area contributed by atoms with Crippen LogP contribution in [0, 0.1) is 0 Å². The number of hydrogen-bond donors (Lipinski definition) is 0. The lowest BCUT2D eigenvalue weighted by Crippen LogP contribution is -1.88. The highest BCUT2D eigenvalue weighted by Crippen LogP contribution is 2.26. The van der Waals surface area contributed by atoms with E-state index in [1.54, 1.807) is 13.4 Å². The molecule has 1 rings (SSSR count). The van der Waals surface area contributed by atoms with E-state index in [9.17, 15) is 0 Å². The van der Waals surface area contributed by atoms with Gasteiger partial charge in [-0.05, 0) is 0 Å². The fourth-order valence-electron chi connectivity index (χ4n) is 0.899. The molecule has 0 aliphatic rings. The zero-order chi connectivity index (χ0) is 7.56. The first-order valence-electron chi connectivity index (χ1n) is 3.37. The predicted molar refractivity (Wildman–Crippen MR) is 39.3 cm³/mol. The van der Waals surface area contributed by atoms with Gasteiger partial charge in [-0.25, -0.2) is 0 Å². The molecule has 0 spiro atoms. The standard InChI is InChI=1S/C8H12O2/c1-6(2)8-7(9-3)4-5-10-8/h4-6H,1-3H3. The van der Waals surface area contributed by atoms with Gasteiger partial charge in [0.15, 0.2) is 5.75 Å². The maximum atomic E-state index is 5.19. The molecule has 0 amide bonds. The molecule has 1 aromatic rings. The molecule has 2 heteroatoms. The van der Waals surface area contributed by atoms with E-state index in [1.165, 1.54) is 0 Å². The molecule has 0 unspecified atom stereocenters. The lowest BCUT2D eigenvalue weighted by atomic mass is 10.1. The number of methoxy groups -OCH3 is 1. The van der Waals surface area contributed by atoms with Crippen LogP contribution in [0.2, 0.25) is 0 Å². The van der Waals surface area contributed by atoms with Gasteiger partial charge in [0.2, 0.25) is 0 Å². The summed E-state index contributed by atoms with van der Waals surface area (Å²) in [5, 5.41) is 0. The monoisotopic (exact) mass is 140 g/mol. The Morgan fingerprint density at radius 3 is 2.60 bits per heavy atom. The zero-order valence-electron chi connectivity index (χ0n) is 6.55. The minimum atomic E-state index is 0.393. The Balaban J connectivity index is 2.90. The third-order valence-electron chi connectivity index (χ3n) is 1.40. The molecule has 0 N–H and O–H groups in total. The van der Waals surface area contributed by atoms with E-state index in [4.69, 9.17) is 9.15 Å². The molecule has 0 radical (unpaired) electrons. The van der Waals surface area contributed by atoms with E-state index in [0.717, 1.165) is 11.5 Å². The fourth-order valence-corrected chi connectivity index (χ4v) is 0.899. The van der Waals surface area contributed by atoms with Crippen molar-refractivity contribution >= 4 is 0 Å². The van der Waals surface area contributed by atoms with Crippen molar-refractivity contribution in [2.24, 2.45) is 0 Å². The Hall–Kier alpha value is -0.920. The molecule has 1 heterocycles. The summed E-state index contributed by atoms with van der Waals surface area (Å²) < 4.78 is 10.2.